The van der Waals surface area contributed by atoms with E-state index >= 15 is 0 Å². The maximum absolute atomic E-state index is 13.4. The van der Waals surface area contributed by atoms with E-state index < -0.39 is 29.3 Å². The Bertz CT molecular complexity index is 820. The van der Waals surface area contributed by atoms with E-state index in [-0.39, 0.29) is 37.2 Å². The van der Waals surface area contributed by atoms with Gasteiger partial charge in [0.25, 0.3) is 0 Å². The van der Waals surface area contributed by atoms with E-state index in [0.717, 1.165) is 24.9 Å². The van der Waals surface area contributed by atoms with Gasteiger partial charge < -0.3 is 25.7 Å². The van der Waals surface area contributed by atoms with Crippen molar-refractivity contribution in [3.63, 3.8) is 0 Å². The Balaban J connectivity index is 0.00000363. The van der Waals surface area contributed by atoms with Gasteiger partial charge in [-0.1, -0.05) is 30.3 Å². The lowest BCUT2D eigenvalue weighted by Gasteiger charge is -2.42. The summed E-state index contributed by atoms with van der Waals surface area (Å²) in [6, 6.07) is 7.70. The van der Waals surface area contributed by atoms with Crippen molar-refractivity contribution < 1.29 is 29.4 Å². The third kappa shape index (κ3) is 5.77. The third-order valence-corrected chi connectivity index (χ3v) is 6.30. The molecule has 2 heterocycles. The minimum absolute atomic E-state index is 0. The summed E-state index contributed by atoms with van der Waals surface area (Å²) in [5.74, 6) is -2.78. The molecule has 0 aliphatic carbocycles. The maximum atomic E-state index is 13.4. The van der Waals surface area contributed by atoms with Crippen LogP contribution in [0.1, 0.15) is 44.1 Å². The quantitative estimate of drug-likeness (QED) is 0.450. The van der Waals surface area contributed by atoms with Gasteiger partial charge >= 0.3 is 11.9 Å². The molecule has 0 unspecified atom stereocenters. The minimum Gasteiger partial charge on any atom is -0.481 e. The highest BCUT2D eigenvalue weighted by Crippen LogP contribution is 2.36. The number of rotatable bonds is 8. The number of benzene rings is 1. The summed E-state index contributed by atoms with van der Waals surface area (Å²) in [6.45, 7) is 1.62. The molecule has 1 aromatic carbocycles. The SMILES string of the molecule is Cl.O=C(O)CC[C@H](NC(=O)C1(c2ccccc2)CCN(C(=O)[C@@H]2CCCN2)CC1)C(=O)O. The van der Waals surface area contributed by atoms with Crippen LogP contribution >= 0.6 is 12.4 Å². The van der Waals surface area contributed by atoms with Crippen molar-refractivity contribution in [2.75, 3.05) is 19.6 Å². The highest BCUT2D eigenvalue weighted by molar-refractivity contribution is 5.92. The zero-order chi connectivity index (χ0) is 22.4. The third-order valence-electron chi connectivity index (χ3n) is 6.30. The van der Waals surface area contributed by atoms with E-state index in [1.165, 1.54) is 0 Å². The van der Waals surface area contributed by atoms with E-state index in [9.17, 15) is 24.3 Å². The van der Waals surface area contributed by atoms with E-state index in [2.05, 4.69) is 10.6 Å². The number of hydrogen-bond acceptors (Lipinski definition) is 5. The van der Waals surface area contributed by atoms with Crippen LogP contribution in [0.5, 0.6) is 0 Å². The van der Waals surface area contributed by atoms with E-state index in [0.29, 0.717) is 25.9 Å². The van der Waals surface area contributed by atoms with Crippen LogP contribution in [0, 0.1) is 0 Å². The topological polar surface area (TPSA) is 136 Å². The maximum Gasteiger partial charge on any atom is 0.326 e. The van der Waals surface area contributed by atoms with Gasteiger partial charge in [0.2, 0.25) is 11.8 Å². The molecule has 2 amide bonds. The molecule has 32 heavy (non-hydrogen) atoms. The Morgan fingerprint density at radius 3 is 2.31 bits per heavy atom. The molecule has 2 aliphatic heterocycles. The Kier molecular flexibility index (Phi) is 9.03. The molecular weight excluding hydrogens is 438 g/mol. The van der Waals surface area contributed by atoms with Crippen LogP contribution in [0.25, 0.3) is 0 Å². The number of nitrogens with zero attached hydrogens (tertiary/aromatic N) is 1. The summed E-state index contributed by atoms with van der Waals surface area (Å²) >= 11 is 0. The lowest BCUT2D eigenvalue weighted by molar-refractivity contribution is -0.144. The number of hydrogen-bond donors (Lipinski definition) is 4. The summed E-state index contributed by atoms with van der Waals surface area (Å²) in [7, 11) is 0. The van der Waals surface area contributed by atoms with E-state index in [1.54, 1.807) is 4.90 Å². The Morgan fingerprint density at radius 1 is 1.12 bits per heavy atom. The molecule has 0 saturated carbocycles. The molecular formula is C22H30ClN3O6. The van der Waals surface area contributed by atoms with Crippen molar-refractivity contribution in [3.8, 4) is 0 Å². The number of likely N-dealkylation sites (tertiary alicyclic amines) is 1. The number of carboxylic acids is 2. The first-order chi connectivity index (χ1) is 14.8. The monoisotopic (exact) mass is 467 g/mol. The van der Waals surface area contributed by atoms with Crippen LogP contribution in [0.15, 0.2) is 30.3 Å². The van der Waals surface area contributed by atoms with Crippen molar-refractivity contribution in [1.29, 1.82) is 0 Å². The molecule has 0 bridgehead atoms. The normalized spacial score (nSPS) is 20.6. The number of halogens is 1. The molecule has 176 valence electrons. The molecule has 0 radical (unpaired) electrons. The first kappa shape index (κ1) is 25.6. The van der Waals surface area contributed by atoms with Crippen molar-refractivity contribution in [2.24, 2.45) is 0 Å². The van der Waals surface area contributed by atoms with E-state index in [4.69, 9.17) is 5.11 Å². The van der Waals surface area contributed by atoms with Gasteiger partial charge in [0.05, 0.1) is 11.5 Å². The predicted molar refractivity (Wildman–Crippen MR) is 119 cm³/mol. The Morgan fingerprint density at radius 2 is 1.78 bits per heavy atom. The average Bonchev–Trinajstić information content (AvgIpc) is 3.31. The second-order valence-corrected chi connectivity index (χ2v) is 8.22. The first-order valence-corrected chi connectivity index (χ1v) is 10.7. The highest BCUT2D eigenvalue weighted by atomic mass is 35.5. The number of carbonyl (C=O) groups is 4. The standard InChI is InChI=1S/C22H29N3O6.ClH/c26-18(27)9-8-17(20(29)30)24-21(31)22(15-5-2-1-3-6-15)10-13-25(14-11-22)19(28)16-7-4-12-23-16;/h1-3,5-6,16-17,23H,4,7-14H2,(H,24,31)(H,26,27)(H,29,30);1H/t16-,17-;/m0./s1. The molecule has 2 aliphatic rings. The summed E-state index contributed by atoms with van der Waals surface area (Å²) in [6.07, 6.45) is 1.96. The molecule has 10 heteroatoms. The zero-order valence-corrected chi connectivity index (χ0v) is 18.6. The average molecular weight is 468 g/mol. The fraction of sp³-hybridized carbons (Fsp3) is 0.545. The Labute approximate surface area is 193 Å². The van der Waals surface area contributed by atoms with Gasteiger partial charge in [-0.2, -0.15) is 0 Å². The van der Waals surface area contributed by atoms with Gasteiger partial charge in [-0.05, 0) is 44.2 Å². The molecule has 4 N–H and O–H groups in total. The van der Waals surface area contributed by atoms with Crippen molar-refractivity contribution in [2.45, 2.75) is 56.0 Å². The van der Waals surface area contributed by atoms with Gasteiger partial charge in [-0.25, -0.2) is 4.79 Å². The van der Waals surface area contributed by atoms with Gasteiger partial charge in [0, 0.05) is 19.5 Å². The highest BCUT2D eigenvalue weighted by Gasteiger charge is 2.45. The largest absolute Gasteiger partial charge is 0.481 e. The first-order valence-electron chi connectivity index (χ1n) is 10.7. The lowest BCUT2D eigenvalue weighted by atomic mass is 9.71. The van der Waals surface area contributed by atoms with Crippen LogP contribution < -0.4 is 10.6 Å². The number of amides is 2. The van der Waals surface area contributed by atoms with Crippen LogP contribution in [0.4, 0.5) is 0 Å². The van der Waals surface area contributed by atoms with Crippen LogP contribution in [0.2, 0.25) is 0 Å². The minimum atomic E-state index is -1.29. The van der Waals surface area contributed by atoms with Crippen molar-refractivity contribution >= 4 is 36.2 Å². The number of aliphatic carboxylic acids is 2. The second kappa shape index (κ2) is 11.3. The Hall–Kier alpha value is -2.65. The second-order valence-electron chi connectivity index (χ2n) is 8.22. The van der Waals surface area contributed by atoms with Gasteiger partial charge in [0.1, 0.15) is 6.04 Å². The molecule has 9 nitrogen and oxygen atoms in total. The zero-order valence-electron chi connectivity index (χ0n) is 17.8. The molecule has 0 spiro atoms. The van der Waals surface area contributed by atoms with Crippen LogP contribution in [0.3, 0.4) is 0 Å². The molecule has 0 aromatic heterocycles. The molecule has 2 fully saturated rings. The predicted octanol–water partition coefficient (Wildman–Crippen LogP) is 1.15. The van der Waals surface area contributed by atoms with Gasteiger partial charge in [-0.15, -0.1) is 12.4 Å². The summed E-state index contributed by atoms with van der Waals surface area (Å²) in [5.41, 5.74) is -0.209. The molecule has 2 saturated heterocycles. The summed E-state index contributed by atoms with van der Waals surface area (Å²) < 4.78 is 0. The fourth-order valence-electron chi connectivity index (χ4n) is 4.45. The van der Waals surface area contributed by atoms with Gasteiger partial charge in [-0.3, -0.25) is 14.4 Å². The summed E-state index contributed by atoms with van der Waals surface area (Å²) in [4.78, 5) is 50.4. The van der Waals surface area contributed by atoms with E-state index in [1.807, 2.05) is 30.3 Å². The van der Waals surface area contributed by atoms with Crippen LogP contribution in [-0.4, -0.2) is 70.6 Å². The molecule has 3 rings (SSSR count). The number of carbonyl (C=O) groups excluding carboxylic acids is 2. The molecule has 1 aromatic rings. The lowest BCUT2D eigenvalue weighted by Crippen LogP contribution is -2.57. The van der Waals surface area contributed by atoms with Crippen molar-refractivity contribution in [3.05, 3.63) is 35.9 Å². The molecule has 2 atom stereocenters. The number of piperidine rings is 1. The van der Waals surface area contributed by atoms with Gasteiger partial charge in [0.15, 0.2) is 0 Å². The summed E-state index contributed by atoms with van der Waals surface area (Å²) in [5, 5.41) is 24.1. The fourth-order valence-corrected chi connectivity index (χ4v) is 4.45. The smallest absolute Gasteiger partial charge is 0.326 e. The van der Waals surface area contributed by atoms with Crippen LogP contribution in [-0.2, 0) is 24.6 Å². The number of carboxylic acid groups (broad SMARTS) is 2. The number of nitrogens with one attached hydrogen (secondary N) is 2. The van der Waals surface area contributed by atoms with Crippen molar-refractivity contribution in [1.82, 2.24) is 15.5 Å².